The van der Waals surface area contributed by atoms with E-state index in [4.69, 9.17) is 14.2 Å². The number of hydrogen-bond acceptors (Lipinski definition) is 5. The van der Waals surface area contributed by atoms with Crippen molar-refractivity contribution < 1.29 is 23.7 Å². The van der Waals surface area contributed by atoms with Crippen molar-refractivity contribution >= 4 is 5.97 Å². The van der Waals surface area contributed by atoms with Gasteiger partial charge in [0.05, 0.1) is 13.2 Å². The van der Waals surface area contributed by atoms with Gasteiger partial charge in [-0.1, -0.05) is 0 Å². The average molecular weight is 192 g/mol. The zero-order chi connectivity index (χ0) is 10.1. The van der Waals surface area contributed by atoms with Crippen molar-refractivity contribution in [3.05, 3.63) is 0 Å². The molecule has 0 aliphatic rings. The Morgan fingerprint density at radius 1 is 1.23 bits per heavy atom. The van der Waals surface area contributed by atoms with E-state index < -0.39 is 0 Å². The van der Waals surface area contributed by atoms with Gasteiger partial charge >= 0.3 is 5.97 Å². The molecule has 0 heterocycles. The molecule has 0 N–H and O–H groups in total. The molecule has 0 aromatic rings. The van der Waals surface area contributed by atoms with E-state index in [1.807, 2.05) is 0 Å². The molecule has 78 valence electrons. The summed E-state index contributed by atoms with van der Waals surface area (Å²) in [5.41, 5.74) is 0. The summed E-state index contributed by atoms with van der Waals surface area (Å²) in [6, 6.07) is 0. The van der Waals surface area contributed by atoms with Crippen LogP contribution in [0.15, 0.2) is 0 Å². The summed E-state index contributed by atoms with van der Waals surface area (Å²) in [4.78, 5) is 10.4. The van der Waals surface area contributed by atoms with Crippen LogP contribution in [0, 0.1) is 0 Å². The van der Waals surface area contributed by atoms with Crippen LogP contribution in [0.25, 0.3) is 0 Å². The number of methoxy groups -OCH3 is 2. The van der Waals surface area contributed by atoms with Crippen LogP contribution in [0.4, 0.5) is 0 Å². The molecule has 0 bridgehead atoms. The first-order valence-corrected chi connectivity index (χ1v) is 3.93. The van der Waals surface area contributed by atoms with Gasteiger partial charge in [0.1, 0.15) is 6.10 Å². The van der Waals surface area contributed by atoms with Gasteiger partial charge in [-0.25, -0.2) is 0 Å². The van der Waals surface area contributed by atoms with E-state index >= 15 is 0 Å². The Hall–Kier alpha value is -0.650. The summed E-state index contributed by atoms with van der Waals surface area (Å²) in [6.07, 6.45) is -0.200. The normalized spacial score (nSPS) is 10.5. The van der Waals surface area contributed by atoms with Gasteiger partial charge in [-0.15, -0.1) is 0 Å². The van der Waals surface area contributed by atoms with Crippen LogP contribution in [0.1, 0.15) is 6.92 Å². The van der Waals surface area contributed by atoms with Gasteiger partial charge in [-0.3, -0.25) is 4.79 Å². The van der Waals surface area contributed by atoms with Crippen molar-refractivity contribution in [1.82, 2.24) is 0 Å². The van der Waals surface area contributed by atoms with E-state index in [9.17, 15) is 4.79 Å². The number of esters is 1. The molecule has 0 spiro atoms. The molecule has 0 aromatic heterocycles. The smallest absolute Gasteiger partial charge is 0.304 e. The highest BCUT2D eigenvalue weighted by molar-refractivity contribution is 5.65. The van der Waals surface area contributed by atoms with E-state index in [-0.39, 0.29) is 18.9 Å². The monoisotopic (exact) mass is 192 g/mol. The largest absolute Gasteiger partial charge is 0.439 e. The predicted molar refractivity (Wildman–Crippen MR) is 45.3 cm³/mol. The molecule has 0 fully saturated rings. The van der Waals surface area contributed by atoms with Crippen molar-refractivity contribution in [2.24, 2.45) is 0 Å². The number of hydrogen-bond donors (Lipinski definition) is 0. The minimum atomic E-state index is -0.367. The molecule has 0 unspecified atom stereocenters. The molecule has 0 saturated carbocycles. The van der Waals surface area contributed by atoms with E-state index in [1.54, 1.807) is 14.2 Å². The maximum Gasteiger partial charge on any atom is 0.304 e. The van der Waals surface area contributed by atoms with Crippen LogP contribution >= 0.6 is 0 Å². The third-order valence-electron chi connectivity index (χ3n) is 1.27. The second kappa shape index (κ2) is 7.97. The molecule has 5 nitrogen and oxygen atoms in total. The second-order valence-electron chi connectivity index (χ2n) is 2.45. The number of carbonyl (C=O) groups excluding carboxylic acids is 1. The van der Waals surface area contributed by atoms with Gasteiger partial charge in [0.25, 0.3) is 0 Å². The molecular formula is C8H16O5. The highest BCUT2D eigenvalue weighted by atomic mass is 16.7. The van der Waals surface area contributed by atoms with E-state index in [2.05, 4.69) is 4.74 Å². The number of ether oxygens (including phenoxy) is 4. The van der Waals surface area contributed by atoms with Crippen molar-refractivity contribution in [3.8, 4) is 0 Å². The lowest BCUT2D eigenvalue weighted by molar-refractivity contribution is -0.163. The summed E-state index contributed by atoms with van der Waals surface area (Å²) in [6.45, 7) is 2.09. The lowest BCUT2D eigenvalue weighted by Gasteiger charge is -2.15. The van der Waals surface area contributed by atoms with Gasteiger partial charge in [0.2, 0.25) is 0 Å². The number of carbonyl (C=O) groups is 1. The van der Waals surface area contributed by atoms with Crippen molar-refractivity contribution in [2.75, 3.05) is 34.2 Å². The molecule has 0 aliphatic heterocycles. The third kappa shape index (κ3) is 7.70. The Labute approximate surface area is 77.9 Å². The van der Waals surface area contributed by atoms with Crippen LogP contribution in [0.2, 0.25) is 0 Å². The summed E-state index contributed by atoms with van der Waals surface area (Å²) in [7, 11) is 3.13. The fourth-order valence-electron chi connectivity index (χ4n) is 0.729. The van der Waals surface area contributed by atoms with Crippen LogP contribution in [-0.4, -0.2) is 46.3 Å². The van der Waals surface area contributed by atoms with Gasteiger partial charge in [0, 0.05) is 21.1 Å². The molecule has 13 heavy (non-hydrogen) atoms. The lowest BCUT2D eigenvalue weighted by Crippen LogP contribution is -2.26. The van der Waals surface area contributed by atoms with Crippen molar-refractivity contribution in [3.63, 3.8) is 0 Å². The van der Waals surface area contributed by atoms with E-state index in [0.29, 0.717) is 13.2 Å². The molecular weight excluding hydrogens is 176 g/mol. The third-order valence-corrected chi connectivity index (χ3v) is 1.27. The van der Waals surface area contributed by atoms with Crippen molar-refractivity contribution in [1.29, 1.82) is 0 Å². The fraction of sp³-hybridized carbons (Fsp3) is 0.875. The summed E-state index contributed by atoms with van der Waals surface area (Å²) >= 11 is 0. The van der Waals surface area contributed by atoms with Gasteiger partial charge in [-0.05, 0) is 0 Å². The fourth-order valence-corrected chi connectivity index (χ4v) is 0.729. The highest BCUT2D eigenvalue weighted by Gasteiger charge is 2.08. The summed E-state index contributed by atoms with van der Waals surface area (Å²) in [5.74, 6) is -0.367. The van der Waals surface area contributed by atoms with E-state index in [0.717, 1.165) is 0 Å². The summed E-state index contributed by atoms with van der Waals surface area (Å²) < 4.78 is 19.5. The minimum absolute atomic E-state index is 0.0628. The molecule has 0 aliphatic carbocycles. The zero-order valence-electron chi connectivity index (χ0n) is 8.24. The maximum atomic E-state index is 10.4. The predicted octanol–water partition coefficient (Wildman–Crippen LogP) is 0.185. The minimum Gasteiger partial charge on any atom is -0.439 e. The quantitative estimate of drug-likeness (QED) is 0.425. The first-order chi connectivity index (χ1) is 6.20. The van der Waals surface area contributed by atoms with Gasteiger partial charge in [-0.2, -0.15) is 0 Å². The molecule has 0 saturated heterocycles. The molecule has 0 amide bonds. The SMILES string of the molecule is COCC(COC)OCOC(C)=O. The average Bonchev–Trinajstić information content (AvgIpc) is 2.04. The van der Waals surface area contributed by atoms with E-state index in [1.165, 1.54) is 6.92 Å². The first-order valence-electron chi connectivity index (χ1n) is 3.93. The van der Waals surface area contributed by atoms with Gasteiger partial charge in [0.15, 0.2) is 6.79 Å². The Morgan fingerprint density at radius 3 is 2.15 bits per heavy atom. The summed E-state index contributed by atoms with van der Waals surface area (Å²) in [5, 5.41) is 0. The molecule has 0 atom stereocenters. The topological polar surface area (TPSA) is 54.0 Å². The second-order valence-corrected chi connectivity index (χ2v) is 2.45. The number of rotatable bonds is 7. The standard InChI is InChI=1S/C8H16O5/c1-7(9)12-6-13-8(4-10-2)5-11-3/h8H,4-6H2,1-3H3. The highest BCUT2D eigenvalue weighted by Crippen LogP contribution is 1.94. The molecule has 0 aromatic carbocycles. The zero-order valence-corrected chi connectivity index (χ0v) is 8.24. The van der Waals surface area contributed by atoms with Crippen LogP contribution in [0.5, 0.6) is 0 Å². The maximum absolute atomic E-state index is 10.4. The molecule has 0 radical (unpaired) electrons. The Bertz CT molecular complexity index is 130. The van der Waals surface area contributed by atoms with Crippen LogP contribution < -0.4 is 0 Å². The van der Waals surface area contributed by atoms with Crippen LogP contribution in [-0.2, 0) is 23.7 Å². The Morgan fingerprint density at radius 2 is 1.77 bits per heavy atom. The Kier molecular flexibility index (Phi) is 7.57. The molecule has 5 heteroatoms. The molecule has 0 rings (SSSR count). The van der Waals surface area contributed by atoms with Gasteiger partial charge < -0.3 is 18.9 Å². The van der Waals surface area contributed by atoms with Crippen molar-refractivity contribution in [2.45, 2.75) is 13.0 Å². The lowest BCUT2D eigenvalue weighted by atomic mass is 10.4. The Balaban J connectivity index is 3.49. The van der Waals surface area contributed by atoms with Crippen LogP contribution in [0.3, 0.4) is 0 Å². The first kappa shape index (κ1) is 12.3.